The molecular weight excluding hydrogens is 295 g/mol. The van der Waals surface area contributed by atoms with Gasteiger partial charge in [0.05, 0.1) is 3.57 Å². The van der Waals surface area contributed by atoms with E-state index >= 15 is 0 Å². The summed E-state index contributed by atoms with van der Waals surface area (Å²) in [7, 11) is 0. The van der Waals surface area contributed by atoms with Crippen molar-refractivity contribution in [3.05, 3.63) is 20.3 Å². The first-order valence-electron chi connectivity index (χ1n) is 2.20. The summed E-state index contributed by atoms with van der Waals surface area (Å²) in [5.41, 5.74) is 8.90. The van der Waals surface area contributed by atoms with Gasteiger partial charge in [-0.15, -0.1) is 5.73 Å². The van der Waals surface area contributed by atoms with Crippen molar-refractivity contribution < 1.29 is 0 Å². The van der Waals surface area contributed by atoms with Crippen LogP contribution >= 0.6 is 38.5 Å². The maximum Gasteiger partial charge on any atom is 0.188 e. The second-order valence-corrected chi connectivity index (χ2v) is 3.54. The second kappa shape index (κ2) is 2.83. The van der Waals surface area contributed by atoms with Crippen molar-refractivity contribution in [2.75, 3.05) is 0 Å². The molecule has 0 aromatic carbocycles. The van der Waals surface area contributed by atoms with Crippen LogP contribution in [-0.4, -0.2) is 4.98 Å². The molecule has 0 saturated carbocycles. The van der Waals surface area contributed by atoms with Gasteiger partial charge in [-0.2, -0.15) is 0 Å². The lowest BCUT2D eigenvalue weighted by molar-refractivity contribution is 1.22. The SMILES string of the molecule is [N]c1ncc(Br)cc1I. The molecule has 0 aliphatic carbocycles. The number of rotatable bonds is 0. The van der Waals surface area contributed by atoms with Gasteiger partial charge in [0.2, 0.25) is 0 Å². The number of hydrogen-bond donors (Lipinski definition) is 0. The van der Waals surface area contributed by atoms with Crippen LogP contribution in [-0.2, 0) is 0 Å². The van der Waals surface area contributed by atoms with Crippen LogP contribution in [0, 0.1) is 3.57 Å². The maximum atomic E-state index is 8.90. The van der Waals surface area contributed by atoms with Gasteiger partial charge in [0.15, 0.2) is 5.82 Å². The number of aromatic nitrogens is 1. The molecule has 0 fully saturated rings. The Morgan fingerprint density at radius 1 is 1.67 bits per heavy atom. The molecule has 2 nitrogen and oxygen atoms in total. The Bertz CT molecular complexity index is 226. The lowest BCUT2D eigenvalue weighted by atomic mass is 10.5. The van der Waals surface area contributed by atoms with E-state index in [1.54, 1.807) is 12.3 Å². The third-order valence-electron chi connectivity index (χ3n) is 0.788. The maximum absolute atomic E-state index is 8.90. The summed E-state index contributed by atoms with van der Waals surface area (Å²) >= 11 is 5.23. The third kappa shape index (κ3) is 1.79. The van der Waals surface area contributed by atoms with Crippen molar-refractivity contribution in [3.63, 3.8) is 0 Å². The zero-order valence-corrected chi connectivity index (χ0v) is 8.05. The molecular formula is C5H2BrIN2. The second-order valence-electron chi connectivity index (χ2n) is 1.46. The predicted molar refractivity (Wildman–Crippen MR) is 46.4 cm³/mol. The van der Waals surface area contributed by atoms with Gasteiger partial charge in [-0.25, -0.2) is 4.98 Å². The number of nitrogens with zero attached hydrogens (tertiary/aromatic N) is 2. The lowest BCUT2D eigenvalue weighted by Crippen LogP contribution is -1.81. The van der Waals surface area contributed by atoms with E-state index in [0.717, 1.165) is 8.04 Å². The summed E-state index contributed by atoms with van der Waals surface area (Å²) < 4.78 is 1.63. The minimum absolute atomic E-state index is 0.0822. The highest BCUT2D eigenvalue weighted by atomic mass is 127. The van der Waals surface area contributed by atoms with E-state index in [-0.39, 0.29) is 5.82 Å². The Balaban J connectivity index is 3.17. The summed E-state index contributed by atoms with van der Waals surface area (Å²) in [5, 5.41) is 0. The van der Waals surface area contributed by atoms with Gasteiger partial charge >= 0.3 is 0 Å². The van der Waals surface area contributed by atoms with E-state index in [4.69, 9.17) is 5.73 Å². The molecule has 1 aromatic heterocycles. The average Bonchev–Trinajstić information content (AvgIpc) is 1.80. The molecule has 1 rings (SSSR count). The van der Waals surface area contributed by atoms with E-state index in [9.17, 15) is 0 Å². The van der Waals surface area contributed by atoms with Crippen molar-refractivity contribution in [2.24, 2.45) is 0 Å². The summed E-state index contributed by atoms with van der Waals surface area (Å²) in [6, 6.07) is 1.79. The first kappa shape index (κ1) is 7.27. The number of halogens is 2. The van der Waals surface area contributed by atoms with E-state index in [1.807, 2.05) is 22.6 Å². The van der Waals surface area contributed by atoms with Crippen LogP contribution in [0.4, 0.5) is 5.82 Å². The molecule has 9 heavy (non-hydrogen) atoms. The van der Waals surface area contributed by atoms with Crippen molar-refractivity contribution in [1.29, 1.82) is 0 Å². The zero-order chi connectivity index (χ0) is 6.85. The normalized spacial score (nSPS) is 9.56. The molecule has 0 unspecified atom stereocenters. The fourth-order valence-electron chi connectivity index (χ4n) is 0.407. The first-order valence-corrected chi connectivity index (χ1v) is 4.07. The Morgan fingerprint density at radius 3 is 2.78 bits per heavy atom. The van der Waals surface area contributed by atoms with Crippen LogP contribution in [0.1, 0.15) is 0 Å². The van der Waals surface area contributed by atoms with Crippen LogP contribution in [0.2, 0.25) is 0 Å². The number of pyridine rings is 1. The summed E-state index contributed by atoms with van der Waals surface area (Å²) in [4.78, 5) is 3.68. The molecule has 4 heteroatoms. The van der Waals surface area contributed by atoms with Gasteiger partial charge in [-0.05, 0) is 44.6 Å². The Hall–Kier alpha value is 0.160. The van der Waals surface area contributed by atoms with Gasteiger partial charge < -0.3 is 0 Å². The quantitative estimate of drug-likeness (QED) is 0.676. The van der Waals surface area contributed by atoms with Crippen LogP contribution in [0.15, 0.2) is 16.7 Å². The molecule has 0 atom stereocenters. The molecule has 1 heterocycles. The fraction of sp³-hybridized carbons (Fsp3) is 0. The van der Waals surface area contributed by atoms with E-state index < -0.39 is 0 Å². The van der Waals surface area contributed by atoms with Crippen molar-refractivity contribution in [2.45, 2.75) is 0 Å². The molecule has 0 aliphatic heterocycles. The Labute approximate surface area is 75.1 Å². The molecule has 46 valence electrons. The largest absolute Gasteiger partial charge is 0.233 e. The molecule has 2 radical (unpaired) electrons. The monoisotopic (exact) mass is 296 g/mol. The minimum atomic E-state index is 0.0822. The van der Waals surface area contributed by atoms with E-state index in [0.29, 0.717) is 0 Å². The van der Waals surface area contributed by atoms with Gasteiger partial charge in [0.1, 0.15) is 0 Å². The van der Waals surface area contributed by atoms with Crippen LogP contribution in [0.5, 0.6) is 0 Å². The standard InChI is InChI=1S/C5H2BrIN2/c6-3-1-4(7)5(8)9-2-3/h1-2H. The van der Waals surface area contributed by atoms with Gasteiger partial charge in [-0.1, -0.05) is 0 Å². The molecule has 0 bridgehead atoms. The fourth-order valence-corrected chi connectivity index (χ4v) is 1.64. The highest BCUT2D eigenvalue weighted by Gasteiger charge is 1.96. The Morgan fingerprint density at radius 2 is 2.33 bits per heavy atom. The highest BCUT2D eigenvalue weighted by molar-refractivity contribution is 14.1. The smallest absolute Gasteiger partial charge is 0.188 e. The van der Waals surface area contributed by atoms with Crippen LogP contribution in [0.3, 0.4) is 0 Å². The molecule has 0 amide bonds. The first-order chi connectivity index (χ1) is 4.20. The molecule has 1 aromatic rings. The zero-order valence-electron chi connectivity index (χ0n) is 4.31. The summed E-state index contributed by atoms with van der Waals surface area (Å²) in [6.45, 7) is 0. The summed E-state index contributed by atoms with van der Waals surface area (Å²) in [6.07, 6.45) is 1.55. The average molecular weight is 297 g/mol. The topological polar surface area (TPSA) is 35.2 Å². The Kier molecular flexibility index (Phi) is 2.29. The van der Waals surface area contributed by atoms with Crippen LogP contribution in [0.25, 0.3) is 0 Å². The highest BCUT2D eigenvalue weighted by Crippen LogP contribution is 2.17. The number of hydrogen-bond acceptors (Lipinski definition) is 1. The lowest BCUT2D eigenvalue weighted by Gasteiger charge is -1.91. The minimum Gasteiger partial charge on any atom is -0.233 e. The van der Waals surface area contributed by atoms with E-state index in [2.05, 4.69) is 20.9 Å². The van der Waals surface area contributed by atoms with Crippen LogP contribution < -0.4 is 5.73 Å². The van der Waals surface area contributed by atoms with Gasteiger partial charge in [0.25, 0.3) is 0 Å². The molecule has 0 aliphatic rings. The predicted octanol–water partition coefficient (Wildman–Crippen LogP) is 2.15. The third-order valence-corrected chi connectivity index (χ3v) is 2.02. The molecule has 0 N–H and O–H groups in total. The van der Waals surface area contributed by atoms with E-state index in [1.165, 1.54) is 0 Å². The summed E-state index contributed by atoms with van der Waals surface area (Å²) in [5.74, 6) is 0.0822. The van der Waals surface area contributed by atoms with Gasteiger partial charge in [-0.3, -0.25) is 0 Å². The van der Waals surface area contributed by atoms with Crippen molar-refractivity contribution >= 4 is 44.3 Å². The van der Waals surface area contributed by atoms with Crippen molar-refractivity contribution in [1.82, 2.24) is 10.7 Å². The molecule has 0 spiro atoms. The van der Waals surface area contributed by atoms with Gasteiger partial charge in [0, 0.05) is 10.7 Å². The molecule has 0 saturated heterocycles. The van der Waals surface area contributed by atoms with Crippen molar-refractivity contribution in [3.8, 4) is 0 Å².